The molecule has 6 rings (SSSR count). The highest BCUT2D eigenvalue weighted by Crippen LogP contribution is 2.36. The first-order valence-corrected chi connectivity index (χ1v) is 13.8. The lowest BCUT2D eigenvalue weighted by atomic mass is 9.98. The Bertz CT molecular complexity index is 1330. The lowest BCUT2D eigenvalue weighted by molar-refractivity contribution is 0.0601. The van der Waals surface area contributed by atoms with Crippen LogP contribution in [0.15, 0.2) is 30.3 Å². The van der Waals surface area contributed by atoms with E-state index in [9.17, 15) is 4.79 Å². The Hall–Kier alpha value is -3.53. The zero-order valence-corrected chi connectivity index (χ0v) is 22.3. The minimum absolute atomic E-state index is 0.0485. The summed E-state index contributed by atoms with van der Waals surface area (Å²) in [6.07, 6.45) is 5.63. The van der Waals surface area contributed by atoms with Crippen LogP contribution in [0.2, 0.25) is 0 Å². The topological polar surface area (TPSA) is 101 Å². The van der Waals surface area contributed by atoms with Gasteiger partial charge >= 0.3 is 0 Å². The normalized spacial score (nSPS) is 22.6. The number of hydrogen-bond acceptors (Lipinski definition) is 8. The molecule has 10 nitrogen and oxygen atoms in total. The number of fused-ring (bicyclic) bond motifs is 4. The van der Waals surface area contributed by atoms with Crippen LogP contribution in [0.1, 0.15) is 60.6 Å². The maximum atomic E-state index is 14.0. The van der Waals surface area contributed by atoms with Gasteiger partial charge in [0.05, 0.1) is 31.0 Å². The van der Waals surface area contributed by atoms with Crippen molar-refractivity contribution in [2.45, 2.75) is 50.6 Å². The van der Waals surface area contributed by atoms with Crippen molar-refractivity contribution in [2.75, 3.05) is 56.7 Å². The van der Waals surface area contributed by atoms with Crippen LogP contribution in [0.3, 0.4) is 0 Å². The summed E-state index contributed by atoms with van der Waals surface area (Å²) in [7, 11) is 3.72. The van der Waals surface area contributed by atoms with Crippen molar-refractivity contribution in [3.8, 4) is 11.5 Å². The van der Waals surface area contributed by atoms with Crippen molar-refractivity contribution < 1.29 is 14.3 Å². The summed E-state index contributed by atoms with van der Waals surface area (Å²) in [6, 6.07) is 9.71. The first-order chi connectivity index (χ1) is 18.5. The van der Waals surface area contributed by atoms with Gasteiger partial charge in [-0.2, -0.15) is 9.61 Å². The summed E-state index contributed by atoms with van der Waals surface area (Å²) in [5.74, 6) is 3.13. The van der Waals surface area contributed by atoms with Crippen molar-refractivity contribution >= 4 is 23.2 Å². The van der Waals surface area contributed by atoms with Crippen molar-refractivity contribution in [1.82, 2.24) is 19.5 Å². The van der Waals surface area contributed by atoms with E-state index in [4.69, 9.17) is 25.3 Å². The SMILES string of the molecule is COc1ccc2c(c1)C(=O)N1CCCC[C@H]1c1cc3nc(N4CC[C@H](N)C4)cc(n3n1)N(C)CCCCO2. The van der Waals surface area contributed by atoms with Crippen molar-refractivity contribution in [1.29, 1.82) is 0 Å². The van der Waals surface area contributed by atoms with Gasteiger partial charge in [-0.05, 0) is 56.7 Å². The molecule has 0 saturated carbocycles. The van der Waals surface area contributed by atoms with E-state index in [1.54, 1.807) is 13.2 Å². The molecule has 2 saturated heterocycles. The maximum absolute atomic E-state index is 14.0. The zero-order chi connectivity index (χ0) is 26.2. The Morgan fingerprint density at radius 2 is 1.92 bits per heavy atom. The molecule has 2 aromatic heterocycles. The molecule has 38 heavy (non-hydrogen) atoms. The molecule has 2 N–H and O–H groups in total. The largest absolute Gasteiger partial charge is 0.497 e. The molecule has 0 spiro atoms. The highest BCUT2D eigenvalue weighted by Gasteiger charge is 2.33. The van der Waals surface area contributed by atoms with Crippen LogP contribution in [0.4, 0.5) is 11.6 Å². The average Bonchev–Trinajstić information content (AvgIpc) is 3.57. The van der Waals surface area contributed by atoms with Crippen LogP contribution in [-0.2, 0) is 0 Å². The van der Waals surface area contributed by atoms with Crippen LogP contribution >= 0.6 is 0 Å². The third kappa shape index (κ3) is 4.62. The van der Waals surface area contributed by atoms with Crippen LogP contribution in [0, 0.1) is 0 Å². The van der Waals surface area contributed by atoms with Crippen molar-refractivity contribution in [2.24, 2.45) is 5.73 Å². The molecule has 3 aliphatic rings. The molecule has 0 radical (unpaired) electrons. The van der Waals surface area contributed by atoms with Gasteiger partial charge in [-0.15, -0.1) is 0 Å². The Kier molecular flexibility index (Phi) is 6.73. The number of piperidine rings is 1. The number of methoxy groups -OCH3 is 1. The number of nitrogens with zero attached hydrogens (tertiary/aromatic N) is 6. The Morgan fingerprint density at radius 1 is 1.05 bits per heavy atom. The van der Waals surface area contributed by atoms with Crippen LogP contribution in [-0.4, -0.2) is 78.4 Å². The zero-order valence-electron chi connectivity index (χ0n) is 22.3. The molecule has 2 bridgehead atoms. The second-order valence-electron chi connectivity index (χ2n) is 10.7. The van der Waals surface area contributed by atoms with E-state index in [1.165, 1.54) is 0 Å². The van der Waals surface area contributed by atoms with Gasteiger partial charge in [0.25, 0.3) is 5.91 Å². The number of aromatic nitrogens is 3. The average molecular weight is 520 g/mol. The fourth-order valence-electron chi connectivity index (χ4n) is 5.87. The van der Waals surface area contributed by atoms with E-state index >= 15 is 0 Å². The molecule has 0 aliphatic carbocycles. The van der Waals surface area contributed by atoms with Gasteiger partial charge in [-0.1, -0.05) is 0 Å². The number of nitrogens with two attached hydrogens (primary N) is 1. The third-order valence-electron chi connectivity index (χ3n) is 8.02. The molecule has 1 amide bonds. The lowest BCUT2D eigenvalue weighted by Gasteiger charge is -2.35. The predicted octanol–water partition coefficient (Wildman–Crippen LogP) is 3.25. The Morgan fingerprint density at radius 3 is 2.74 bits per heavy atom. The minimum Gasteiger partial charge on any atom is -0.497 e. The second-order valence-corrected chi connectivity index (χ2v) is 10.7. The van der Waals surface area contributed by atoms with E-state index in [-0.39, 0.29) is 18.0 Å². The van der Waals surface area contributed by atoms with Gasteiger partial charge < -0.3 is 29.9 Å². The molecule has 3 aromatic rings. The lowest BCUT2D eigenvalue weighted by Crippen LogP contribution is -2.39. The molecule has 2 fully saturated rings. The number of hydrogen-bond donors (Lipinski definition) is 1. The number of carbonyl (C=O) groups is 1. The van der Waals surface area contributed by atoms with E-state index in [1.807, 2.05) is 21.5 Å². The first kappa shape index (κ1) is 24.8. The molecule has 0 unspecified atom stereocenters. The molecule has 10 heteroatoms. The quantitative estimate of drug-likeness (QED) is 0.551. The number of amides is 1. The Labute approximate surface area is 223 Å². The molecular formula is C28H37N7O3. The van der Waals surface area contributed by atoms with Crippen molar-refractivity contribution in [3.05, 3.63) is 41.6 Å². The summed E-state index contributed by atoms with van der Waals surface area (Å²) in [5.41, 5.74) is 8.43. The molecule has 2 atom stereocenters. The van der Waals surface area contributed by atoms with Gasteiger partial charge in [-0.3, -0.25) is 4.79 Å². The number of ether oxygens (including phenoxy) is 2. The molecular weight excluding hydrogens is 482 g/mol. The van der Waals surface area contributed by atoms with E-state index < -0.39 is 0 Å². The van der Waals surface area contributed by atoms with Gasteiger partial charge in [0, 0.05) is 51.4 Å². The number of carbonyl (C=O) groups excluding carboxylic acids is 1. The first-order valence-electron chi connectivity index (χ1n) is 13.8. The third-order valence-corrected chi connectivity index (χ3v) is 8.02. The maximum Gasteiger partial charge on any atom is 0.258 e. The smallest absolute Gasteiger partial charge is 0.258 e. The molecule has 1 aromatic carbocycles. The summed E-state index contributed by atoms with van der Waals surface area (Å²) in [5, 5.41) is 5.07. The van der Waals surface area contributed by atoms with E-state index in [0.717, 1.165) is 81.1 Å². The monoisotopic (exact) mass is 519 g/mol. The minimum atomic E-state index is -0.135. The number of benzene rings is 1. The standard InChI is InChI=1S/C28H37N7O3/c1-32-11-5-6-14-38-24-9-8-20(37-2)15-21(24)28(36)34-12-4-3-7-23(34)22-16-26-30-25(17-27(32)35(26)31-22)33-13-10-19(29)18-33/h8-9,15-17,19,23H,3-7,10-14,18,29H2,1-2H3/t19-,23-/m0/s1. The van der Waals surface area contributed by atoms with Gasteiger partial charge in [-0.25, -0.2) is 4.98 Å². The molecule has 202 valence electrons. The Balaban J connectivity index is 1.45. The second kappa shape index (κ2) is 10.3. The summed E-state index contributed by atoms with van der Waals surface area (Å²) in [6.45, 7) is 3.77. The highest BCUT2D eigenvalue weighted by molar-refractivity contribution is 5.97. The van der Waals surface area contributed by atoms with Gasteiger partial charge in [0.15, 0.2) is 5.65 Å². The van der Waals surface area contributed by atoms with Crippen LogP contribution < -0.4 is 25.0 Å². The van der Waals surface area contributed by atoms with E-state index in [0.29, 0.717) is 30.2 Å². The highest BCUT2D eigenvalue weighted by atomic mass is 16.5. The number of rotatable bonds is 2. The van der Waals surface area contributed by atoms with Crippen LogP contribution in [0.5, 0.6) is 11.5 Å². The van der Waals surface area contributed by atoms with Gasteiger partial charge in [0.1, 0.15) is 23.1 Å². The van der Waals surface area contributed by atoms with Crippen molar-refractivity contribution in [3.63, 3.8) is 0 Å². The fourth-order valence-corrected chi connectivity index (χ4v) is 5.87. The molecule has 3 aliphatic heterocycles. The van der Waals surface area contributed by atoms with Gasteiger partial charge in [0.2, 0.25) is 0 Å². The fraction of sp³-hybridized carbons (Fsp3) is 0.536. The summed E-state index contributed by atoms with van der Waals surface area (Å²) >= 11 is 0. The predicted molar refractivity (Wildman–Crippen MR) is 146 cm³/mol. The van der Waals surface area contributed by atoms with E-state index in [2.05, 4.69) is 29.0 Å². The summed E-state index contributed by atoms with van der Waals surface area (Å²) in [4.78, 5) is 25.5. The molecule has 5 heterocycles. The number of anilines is 2. The summed E-state index contributed by atoms with van der Waals surface area (Å²) < 4.78 is 13.6. The van der Waals surface area contributed by atoms with Crippen LogP contribution in [0.25, 0.3) is 5.65 Å².